The zero-order chi connectivity index (χ0) is 14.6. The van der Waals surface area contributed by atoms with Crippen LogP contribution in [-0.2, 0) is 4.79 Å². The van der Waals surface area contributed by atoms with Crippen LogP contribution in [0.2, 0.25) is 0 Å². The summed E-state index contributed by atoms with van der Waals surface area (Å²) in [5, 5.41) is 4.74. The van der Waals surface area contributed by atoms with Gasteiger partial charge in [0.2, 0.25) is 5.91 Å². The first-order chi connectivity index (χ1) is 8.69. The lowest BCUT2D eigenvalue weighted by Gasteiger charge is -2.14. The van der Waals surface area contributed by atoms with E-state index >= 15 is 0 Å². The van der Waals surface area contributed by atoms with Crippen molar-refractivity contribution in [2.75, 3.05) is 13.1 Å². The Kier molecular flexibility index (Phi) is 5.37. The summed E-state index contributed by atoms with van der Waals surface area (Å²) < 4.78 is 35.7. The predicted octanol–water partition coefficient (Wildman–Crippen LogP) is 2.69. The summed E-state index contributed by atoms with van der Waals surface area (Å²) in [6.07, 6.45) is -4.37. The van der Waals surface area contributed by atoms with Crippen molar-refractivity contribution >= 4 is 17.2 Å². The second-order valence-electron chi connectivity index (χ2n) is 4.36. The van der Waals surface area contributed by atoms with Gasteiger partial charge in [0, 0.05) is 15.8 Å². The van der Waals surface area contributed by atoms with Gasteiger partial charge in [-0.25, -0.2) is 0 Å². The molecule has 0 aliphatic carbocycles. The van der Waals surface area contributed by atoms with Crippen LogP contribution in [0.1, 0.15) is 28.3 Å². The van der Waals surface area contributed by atoms with Crippen LogP contribution in [0.15, 0.2) is 6.07 Å². The fraction of sp³-hybridized carbons (Fsp3) is 0.583. The summed E-state index contributed by atoms with van der Waals surface area (Å²) in [7, 11) is 0. The van der Waals surface area contributed by atoms with Gasteiger partial charge in [0.25, 0.3) is 0 Å². The molecule has 1 aromatic rings. The standard InChI is InChI=1S/C12H17F3N2OS/c1-7-4-10(9(3)19-7)8(2)16-5-11(18)17-6-12(13,14)15/h4,8,16H,5-6H2,1-3H3,(H,17,18). The molecule has 1 aromatic heterocycles. The molecule has 1 heterocycles. The van der Waals surface area contributed by atoms with Crippen LogP contribution in [0.5, 0.6) is 0 Å². The number of halogens is 3. The van der Waals surface area contributed by atoms with Crippen molar-refractivity contribution in [2.45, 2.75) is 33.0 Å². The molecule has 0 aromatic carbocycles. The number of rotatable bonds is 5. The van der Waals surface area contributed by atoms with Gasteiger partial charge >= 0.3 is 6.18 Å². The van der Waals surface area contributed by atoms with E-state index in [4.69, 9.17) is 0 Å². The second-order valence-corrected chi connectivity index (χ2v) is 5.82. The van der Waals surface area contributed by atoms with Crippen molar-refractivity contribution in [1.29, 1.82) is 0 Å². The third-order valence-electron chi connectivity index (χ3n) is 2.60. The average Bonchev–Trinajstić information content (AvgIpc) is 2.61. The molecular formula is C12H17F3N2OS. The van der Waals surface area contributed by atoms with E-state index in [0.29, 0.717) is 0 Å². The quantitative estimate of drug-likeness (QED) is 0.876. The lowest BCUT2D eigenvalue weighted by Crippen LogP contribution is -2.39. The van der Waals surface area contributed by atoms with Crippen LogP contribution in [0, 0.1) is 13.8 Å². The van der Waals surface area contributed by atoms with Gasteiger partial charge in [-0.1, -0.05) is 0 Å². The molecule has 0 fully saturated rings. The summed E-state index contributed by atoms with van der Waals surface area (Å²) >= 11 is 1.66. The number of carbonyl (C=O) groups excluding carboxylic acids is 1. The lowest BCUT2D eigenvalue weighted by molar-refractivity contribution is -0.137. The molecular weight excluding hydrogens is 277 g/mol. The van der Waals surface area contributed by atoms with E-state index in [0.717, 1.165) is 10.4 Å². The van der Waals surface area contributed by atoms with E-state index in [1.54, 1.807) is 11.3 Å². The summed E-state index contributed by atoms with van der Waals surface area (Å²) in [6, 6.07) is 1.95. The predicted molar refractivity (Wildman–Crippen MR) is 69.3 cm³/mol. The van der Waals surface area contributed by atoms with Crippen LogP contribution in [0.4, 0.5) is 13.2 Å². The third-order valence-corrected chi connectivity index (χ3v) is 3.58. The van der Waals surface area contributed by atoms with Crippen molar-refractivity contribution in [3.8, 4) is 0 Å². The maximum absolute atomic E-state index is 11.9. The van der Waals surface area contributed by atoms with E-state index in [2.05, 4.69) is 5.32 Å². The Morgan fingerprint density at radius 1 is 1.42 bits per heavy atom. The topological polar surface area (TPSA) is 41.1 Å². The smallest absolute Gasteiger partial charge is 0.346 e. The van der Waals surface area contributed by atoms with E-state index in [-0.39, 0.29) is 12.6 Å². The molecule has 1 unspecified atom stereocenters. The molecule has 19 heavy (non-hydrogen) atoms. The minimum absolute atomic E-state index is 0.0680. The SMILES string of the molecule is Cc1cc(C(C)NCC(=O)NCC(F)(F)F)c(C)s1. The van der Waals surface area contributed by atoms with Crippen LogP contribution in [-0.4, -0.2) is 25.2 Å². The Bertz CT molecular complexity index is 443. The highest BCUT2D eigenvalue weighted by Gasteiger charge is 2.27. The number of nitrogens with one attached hydrogen (secondary N) is 2. The molecule has 0 aliphatic heterocycles. The highest BCUT2D eigenvalue weighted by molar-refractivity contribution is 7.12. The first-order valence-corrected chi connectivity index (χ1v) is 6.64. The number of amides is 1. The molecule has 0 spiro atoms. The molecule has 0 saturated carbocycles. The highest BCUT2D eigenvalue weighted by atomic mass is 32.1. The molecule has 0 aliphatic rings. The first kappa shape index (κ1) is 16.0. The minimum atomic E-state index is -4.37. The fourth-order valence-corrected chi connectivity index (χ4v) is 2.72. The molecule has 0 bridgehead atoms. The largest absolute Gasteiger partial charge is 0.405 e. The van der Waals surface area contributed by atoms with Gasteiger partial charge in [0.1, 0.15) is 6.54 Å². The van der Waals surface area contributed by atoms with Gasteiger partial charge in [-0.05, 0) is 32.4 Å². The fourth-order valence-electron chi connectivity index (χ4n) is 1.70. The van der Waals surface area contributed by atoms with Gasteiger partial charge < -0.3 is 10.6 Å². The molecule has 1 amide bonds. The number of alkyl halides is 3. The summed E-state index contributed by atoms with van der Waals surface area (Å²) in [5.74, 6) is -0.659. The molecule has 7 heteroatoms. The Morgan fingerprint density at radius 3 is 2.53 bits per heavy atom. The number of aryl methyl sites for hydroxylation is 2. The maximum atomic E-state index is 11.9. The Morgan fingerprint density at radius 2 is 2.05 bits per heavy atom. The minimum Gasteiger partial charge on any atom is -0.346 e. The maximum Gasteiger partial charge on any atom is 0.405 e. The van der Waals surface area contributed by atoms with E-state index in [1.165, 1.54) is 4.88 Å². The number of thiophene rings is 1. The Labute approximate surface area is 114 Å². The van der Waals surface area contributed by atoms with Crippen molar-refractivity contribution in [1.82, 2.24) is 10.6 Å². The zero-order valence-electron chi connectivity index (χ0n) is 11.0. The van der Waals surface area contributed by atoms with Gasteiger partial charge in [0.15, 0.2) is 0 Å². The third kappa shape index (κ3) is 5.61. The molecule has 108 valence electrons. The number of hydrogen-bond donors (Lipinski definition) is 2. The second kappa shape index (κ2) is 6.38. The average molecular weight is 294 g/mol. The van der Waals surface area contributed by atoms with E-state index < -0.39 is 18.6 Å². The number of hydrogen-bond acceptors (Lipinski definition) is 3. The monoisotopic (exact) mass is 294 g/mol. The van der Waals surface area contributed by atoms with Crippen molar-refractivity contribution in [3.05, 3.63) is 21.4 Å². The summed E-state index contributed by atoms with van der Waals surface area (Å²) in [5.41, 5.74) is 1.08. The zero-order valence-corrected chi connectivity index (χ0v) is 11.8. The van der Waals surface area contributed by atoms with Crippen molar-refractivity contribution in [2.24, 2.45) is 0 Å². The van der Waals surface area contributed by atoms with Gasteiger partial charge in [-0.3, -0.25) is 4.79 Å². The normalized spacial score (nSPS) is 13.4. The molecule has 2 N–H and O–H groups in total. The van der Waals surface area contributed by atoms with Crippen LogP contribution in [0.3, 0.4) is 0 Å². The molecule has 0 radical (unpaired) electrons. The van der Waals surface area contributed by atoms with Gasteiger partial charge in [0.05, 0.1) is 6.54 Å². The highest BCUT2D eigenvalue weighted by Crippen LogP contribution is 2.25. The van der Waals surface area contributed by atoms with E-state index in [9.17, 15) is 18.0 Å². The Balaban J connectivity index is 2.40. The molecule has 3 nitrogen and oxygen atoms in total. The van der Waals surface area contributed by atoms with Gasteiger partial charge in [-0.15, -0.1) is 11.3 Å². The van der Waals surface area contributed by atoms with Gasteiger partial charge in [-0.2, -0.15) is 13.2 Å². The molecule has 1 atom stereocenters. The van der Waals surface area contributed by atoms with Crippen LogP contribution < -0.4 is 10.6 Å². The first-order valence-electron chi connectivity index (χ1n) is 5.83. The molecule has 1 rings (SSSR count). The summed E-state index contributed by atoms with van der Waals surface area (Å²) in [6.45, 7) is 4.43. The summed E-state index contributed by atoms with van der Waals surface area (Å²) in [4.78, 5) is 13.6. The van der Waals surface area contributed by atoms with Crippen LogP contribution >= 0.6 is 11.3 Å². The van der Waals surface area contributed by atoms with Crippen LogP contribution in [0.25, 0.3) is 0 Å². The van der Waals surface area contributed by atoms with Crippen molar-refractivity contribution < 1.29 is 18.0 Å². The van der Waals surface area contributed by atoms with E-state index in [1.807, 2.05) is 32.2 Å². The number of carbonyl (C=O) groups is 1. The molecule has 0 saturated heterocycles. The Hall–Kier alpha value is -1.08. The lowest BCUT2D eigenvalue weighted by atomic mass is 10.1. The van der Waals surface area contributed by atoms with Crippen molar-refractivity contribution in [3.63, 3.8) is 0 Å².